The van der Waals surface area contributed by atoms with E-state index in [-0.39, 0.29) is 5.75 Å². The maximum atomic E-state index is 9.58. The Morgan fingerprint density at radius 1 is 0.515 bits per heavy atom. The van der Waals surface area contributed by atoms with Crippen LogP contribution < -0.4 is 9.80 Å². The molecule has 5 aromatic carbocycles. The van der Waals surface area contributed by atoms with Gasteiger partial charge in [-0.05, 0) is 90.5 Å². The molecule has 0 radical (unpaired) electrons. The number of phenolic OH excluding ortho intramolecular Hbond substituents is 1. The van der Waals surface area contributed by atoms with E-state index in [1.165, 1.54) is 16.3 Å². The van der Waals surface area contributed by atoms with Crippen molar-refractivity contribution in [2.45, 2.75) is 6.92 Å². The van der Waals surface area contributed by atoms with Crippen LogP contribution in [0.2, 0.25) is 0 Å². The molecule has 0 fully saturated rings. The zero-order valence-electron chi connectivity index (χ0n) is 18.8. The Bertz CT molecular complexity index is 1370. The summed E-state index contributed by atoms with van der Waals surface area (Å²) in [6.45, 7) is 2.11. The lowest BCUT2D eigenvalue weighted by molar-refractivity contribution is 0.475. The molecule has 162 valence electrons. The van der Waals surface area contributed by atoms with Crippen LogP contribution in [0.15, 0.2) is 115 Å². The fourth-order valence-corrected chi connectivity index (χ4v) is 4.11. The van der Waals surface area contributed by atoms with Crippen molar-refractivity contribution >= 4 is 39.2 Å². The third-order valence-electron chi connectivity index (χ3n) is 6.02. The van der Waals surface area contributed by atoms with Crippen molar-refractivity contribution in [1.29, 1.82) is 0 Å². The Morgan fingerprint density at radius 2 is 1.00 bits per heavy atom. The maximum absolute atomic E-state index is 9.58. The lowest BCUT2D eigenvalue weighted by Crippen LogP contribution is -2.12. The first-order chi connectivity index (χ1) is 16.1. The van der Waals surface area contributed by atoms with Crippen LogP contribution in [0.25, 0.3) is 10.8 Å². The third-order valence-corrected chi connectivity index (χ3v) is 6.02. The predicted molar refractivity (Wildman–Crippen MR) is 140 cm³/mol. The largest absolute Gasteiger partial charge is 0.508 e. The van der Waals surface area contributed by atoms with E-state index >= 15 is 0 Å². The highest BCUT2D eigenvalue weighted by atomic mass is 16.3. The van der Waals surface area contributed by atoms with Crippen LogP contribution in [0.4, 0.5) is 28.4 Å². The molecule has 0 aliphatic carbocycles. The molecule has 0 saturated heterocycles. The molecular weight excluding hydrogens is 404 g/mol. The quantitative estimate of drug-likeness (QED) is 0.305. The molecule has 5 aromatic rings. The first-order valence-electron chi connectivity index (χ1n) is 11.1. The Hall–Kier alpha value is -4.24. The van der Waals surface area contributed by atoms with E-state index < -0.39 is 0 Å². The van der Waals surface area contributed by atoms with Gasteiger partial charge in [-0.1, -0.05) is 48.0 Å². The average molecular weight is 431 g/mol. The van der Waals surface area contributed by atoms with Crippen molar-refractivity contribution in [3.8, 4) is 5.75 Å². The summed E-state index contributed by atoms with van der Waals surface area (Å²) in [5, 5.41) is 12.0. The minimum Gasteiger partial charge on any atom is -0.508 e. The number of anilines is 5. The van der Waals surface area contributed by atoms with Gasteiger partial charge in [-0.3, -0.25) is 0 Å². The summed E-state index contributed by atoms with van der Waals surface area (Å²) in [4.78, 5) is 4.39. The van der Waals surface area contributed by atoms with Crippen LogP contribution in [0.1, 0.15) is 5.56 Å². The molecule has 1 N–H and O–H groups in total. The smallest absolute Gasteiger partial charge is 0.115 e. The molecule has 0 aromatic heterocycles. The lowest BCUT2D eigenvalue weighted by Gasteiger charge is -2.27. The zero-order valence-corrected chi connectivity index (χ0v) is 18.8. The highest BCUT2D eigenvalue weighted by molar-refractivity contribution is 5.89. The number of phenols is 1. The number of fused-ring (bicyclic) bond motifs is 1. The monoisotopic (exact) mass is 430 g/mol. The number of benzene rings is 5. The van der Waals surface area contributed by atoms with E-state index in [1.807, 2.05) is 19.2 Å². The van der Waals surface area contributed by atoms with Gasteiger partial charge in [0.15, 0.2) is 0 Å². The van der Waals surface area contributed by atoms with Gasteiger partial charge in [0.25, 0.3) is 0 Å². The summed E-state index contributed by atoms with van der Waals surface area (Å²) in [6.07, 6.45) is 0. The van der Waals surface area contributed by atoms with Gasteiger partial charge in [0.05, 0.1) is 0 Å². The van der Waals surface area contributed by atoms with Crippen molar-refractivity contribution in [3.63, 3.8) is 0 Å². The lowest BCUT2D eigenvalue weighted by atomic mass is 10.1. The highest BCUT2D eigenvalue weighted by Gasteiger charge is 2.14. The Labute approximate surface area is 194 Å². The number of nitrogens with zero attached hydrogens (tertiary/aromatic N) is 2. The second-order valence-electron chi connectivity index (χ2n) is 8.29. The van der Waals surface area contributed by atoms with Gasteiger partial charge in [-0.25, -0.2) is 0 Å². The molecule has 33 heavy (non-hydrogen) atoms. The SMILES string of the molecule is Cc1ccc(N(c2ccc(N(C)c3ccc(O)cc3)cc2)c2ccc3ccccc3c2)cc1. The van der Waals surface area contributed by atoms with E-state index in [0.29, 0.717) is 0 Å². The van der Waals surface area contributed by atoms with Gasteiger partial charge in [0, 0.05) is 35.5 Å². The molecule has 3 heteroatoms. The molecule has 0 heterocycles. The standard InChI is InChI=1S/C30H26N2O/c1-22-7-10-27(11-8-22)32(29-12-9-23-5-3-4-6-24(23)21-29)28-15-13-25(14-16-28)31(2)26-17-19-30(33)20-18-26/h3-21,33H,1-2H3. The van der Waals surface area contributed by atoms with Gasteiger partial charge < -0.3 is 14.9 Å². The summed E-state index contributed by atoms with van der Waals surface area (Å²) >= 11 is 0. The van der Waals surface area contributed by atoms with E-state index in [4.69, 9.17) is 0 Å². The number of aryl methyl sites for hydroxylation is 1. The van der Waals surface area contributed by atoms with Crippen molar-refractivity contribution in [2.24, 2.45) is 0 Å². The Kier molecular flexibility index (Phi) is 5.45. The fourth-order valence-electron chi connectivity index (χ4n) is 4.11. The van der Waals surface area contributed by atoms with Gasteiger partial charge in [0.1, 0.15) is 5.75 Å². The van der Waals surface area contributed by atoms with Crippen LogP contribution in [-0.2, 0) is 0 Å². The Balaban J connectivity index is 1.54. The minimum absolute atomic E-state index is 0.270. The number of hydrogen-bond donors (Lipinski definition) is 1. The molecule has 0 unspecified atom stereocenters. The number of rotatable bonds is 5. The van der Waals surface area contributed by atoms with E-state index in [1.54, 1.807) is 12.1 Å². The molecule has 0 aliphatic heterocycles. The van der Waals surface area contributed by atoms with Crippen LogP contribution in [0, 0.1) is 6.92 Å². The first-order valence-corrected chi connectivity index (χ1v) is 11.1. The van der Waals surface area contributed by atoms with Gasteiger partial charge in [-0.15, -0.1) is 0 Å². The highest BCUT2D eigenvalue weighted by Crippen LogP contribution is 2.37. The predicted octanol–water partition coefficient (Wildman–Crippen LogP) is 8.09. The van der Waals surface area contributed by atoms with E-state index in [0.717, 1.165) is 28.4 Å². The summed E-state index contributed by atoms with van der Waals surface area (Å²) < 4.78 is 0. The average Bonchev–Trinajstić information content (AvgIpc) is 2.86. The minimum atomic E-state index is 0.270. The van der Waals surface area contributed by atoms with Crippen LogP contribution in [0.5, 0.6) is 5.75 Å². The zero-order chi connectivity index (χ0) is 22.8. The third kappa shape index (κ3) is 4.26. The molecule has 0 aliphatic rings. The molecule has 0 saturated carbocycles. The molecule has 0 amide bonds. The summed E-state index contributed by atoms with van der Waals surface area (Å²) in [7, 11) is 2.03. The van der Waals surface area contributed by atoms with Gasteiger partial charge >= 0.3 is 0 Å². The molecule has 0 bridgehead atoms. The van der Waals surface area contributed by atoms with E-state index in [2.05, 4.69) is 108 Å². The van der Waals surface area contributed by atoms with E-state index in [9.17, 15) is 5.11 Å². The maximum Gasteiger partial charge on any atom is 0.115 e. The number of hydrogen-bond acceptors (Lipinski definition) is 3. The second-order valence-corrected chi connectivity index (χ2v) is 8.29. The van der Waals surface area contributed by atoms with Crippen LogP contribution in [-0.4, -0.2) is 12.2 Å². The van der Waals surface area contributed by atoms with Crippen molar-refractivity contribution in [3.05, 3.63) is 121 Å². The van der Waals surface area contributed by atoms with Gasteiger partial charge in [0.2, 0.25) is 0 Å². The molecule has 3 nitrogen and oxygen atoms in total. The first kappa shape index (κ1) is 20.7. The number of aromatic hydroxyl groups is 1. The molecular formula is C30H26N2O. The molecule has 5 rings (SSSR count). The van der Waals surface area contributed by atoms with Crippen molar-refractivity contribution < 1.29 is 5.11 Å². The van der Waals surface area contributed by atoms with Crippen molar-refractivity contribution in [2.75, 3.05) is 16.8 Å². The topological polar surface area (TPSA) is 26.7 Å². The molecule has 0 atom stereocenters. The summed E-state index contributed by atoms with van der Waals surface area (Å²) in [6, 6.07) is 39.5. The van der Waals surface area contributed by atoms with Crippen LogP contribution in [0.3, 0.4) is 0 Å². The second kappa shape index (κ2) is 8.71. The Morgan fingerprint density at radius 3 is 1.64 bits per heavy atom. The summed E-state index contributed by atoms with van der Waals surface area (Å²) in [5.74, 6) is 0.270. The van der Waals surface area contributed by atoms with Crippen LogP contribution >= 0.6 is 0 Å². The normalized spacial score (nSPS) is 10.8. The molecule has 0 spiro atoms. The van der Waals surface area contributed by atoms with Gasteiger partial charge in [-0.2, -0.15) is 0 Å². The van der Waals surface area contributed by atoms with Crippen molar-refractivity contribution in [1.82, 2.24) is 0 Å². The summed E-state index contributed by atoms with van der Waals surface area (Å²) in [5.41, 5.74) is 6.67. The fraction of sp³-hybridized carbons (Fsp3) is 0.0667.